The number of likely N-dealkylation sites (tertiary alicyclic amines) is 1. The number of nitrogens with one attached hydrogen (secondary N) is 2. The Bertz CT molecular complexity index is 1930. The van der Waals surface area contributed by atoms with Gasteiger partial charge in [-0.15, -0.1) is 0 Å². The second kappa shape index (κ2) is 15.9. The molecule has 1 aliphatic rings. The number of hydrogen-bond donors (Lipinski definition) is 3. The maximum atomic E-state index is 14.1. The summed E-state index contributed by atoms with van der Waals surface area (Å²) in [5, 5.41) is 20.7. The number of phenolic OH excluding ortho intramolecular Hbond substituents is 1. The third-order valence-corrected chi connectivity index (χ3v) is 8.41. The minimum atomic E-state index is -0.949. The first-order valence-corrected chi connectivity index (χ1v) is 17.0. The summed E-state index contributed by atoms with van der Waals surface area (Å²) in [7, 11) is 3.38. The number of rotatable bonds is 8. The Balaban J connectivity index is 1.30. The molecule has 266 valence electrons. The fourth-order valence-electron chi connectivity index (χ4n) is 5.94. The standard InChI is InChI=1S/C40H45N5O6/c1-26-10-21-35(46)32(23-26)36-29(25-44(5)43-36)16-11-27-12-17-30(18-13-27)41-37(47)34-9-7-8-22-45(34)38(48)33(42-39(49)51-40(2,3)4)24-28-14-19-31(50-6)20-15-28/h10,12-15,17-21,23,25,33-34,46H,7-9,22,24H2,1-6H3,(H,41,47)(H,42,49). The smallest absolute Gasteiger partial charge is 0.408 e. The van der Waals surface area contributed by atoms with Gasteiger partial charge in [-0.2, -0.15) is 5.10 Å². The predicted octanol–water partition coefficient (Wildman–Crippen LogP) is 5.97. The molecule has 2 atom stereocenters. The van der Waals surface area contributed by atoms with Crippen LogP contribution >= 0.6 is 0 Å². The number of carbonyl (C=O) groups is 3. The number of nitrogens with zero attached hydrogens (tertiary/aromatic N) is 3. The highest BCUT2D eigenvalue weighted by Gasteiger charge is 2.37. The van der Waals surface area contributed by atoms with E-state index in [2.05, 4.69) is 27.6 Å². The highest BCUT2D eigenvalue weighted by atomic mass is 16.6. The zero-order valence-electron chi connectivity index (χ0n) is 29.9. The van der Waals surface area contributed by atoms with E-state index < -0.39 is 23.8 Å². The molecule has 0 saturated carbocycles. The number of methoxy groups -OCH3 is 1. The molecule has 0 bridgehead atoms. The van der Waals surface area contributed by atoms with Gasteiger partial charge in [-0.25, -0.2) is 4.79 Å². The molecule has 4 aromatic rings. The molecule has 1 aliphatic heterocycles. The van der Waals surface area contributed by atoms with Crippen LogP contribution in [-0.2, 0) is 27.8 Å². The van der Waals surface area contributed by atoms with E-state index in [1.54, 1.807) is 81.0 Å². The topological polar surface area (TPSA) is 135 Å². The third-order valence-electron chi connectivity index (χ3n) is 8.41. The first-order valence-electron chi connectivity index (χ1n) is 17.0. The van der Waals surface area contributed by atoms with Gasteiger partial charge in [-0.1, -0.05) is 35.6 Å². The van der Waals surface area contributed by atoms with Crippen LogP contribution < -0.4 is 15.4 Å². The molecule has 3 aromatic carbocycles. The highest BCUT2D eigenvalue weighted by molar-refractivity contribution is 5.98. The van der Waals surface area contributed by atoms with Crippen LogP contribution in [0.4, 0.5) is 10.5 Å². The lowest BCUT2D eigenvalue weighted by Crippen LogP contribution is -2.57. The minimum Gasteiger partial charge on any atom is -0.507 e. The molecule has 0 radical (unpaired) electrons. The second-order valence-corrected chi connectivity index (χ2v) is 13.7. The highest BCUT2D eigenvalue weighted by Crippen LogP contribution is 2.31. The molecule has 11 nitrogen and oxygen atoms in total. The van der Waals surface area contributed by atoms with Crippen LogP contribution in [0.1, 0.15) is 62.3 Å². The zero-order valence-corrected chi connectivity index (χ0v) is 29.9. The number of piperidine rings is 1. The second-order valence-electron chi connectivity index (χ2n) is 13.7. The van der Waals surface area contributed by atoms with E-state index in [4.69, 9.17) is 9.47 Å². The van der Waals surface area contributed by atoms with E-state index in [1.165, 1.54) is 0 Å². The number of hydrogen-bond acceptors (Lipinski definition) is 7. The Morgan fingerprint density at radius 2 is 1.75 bits per heavy atom. The molecule has 0 aliphatic carbocycles. The summed E-state index contributed by atoms with van der Waals surface area (Å²) in [5.41, 5.74) is 4.23. The molecule has 2 heterocycles. The van der Waals surface area contributed by atoms with Gasteiger partial charge < -0.3 is 30.1 Å². The molecule has 1 fully saturated rings. The Labute approximate surface area is 299 Å². The van der Waals surface area contributed by atoms with Crippen LogP contribution in [0, 0.1) is 18.8 Å². The number of benzene rings is 3. The normalized spacial score (nSPS) is 14.9. The van der Waals surface area contributed by atoms with Gasteiger partial charge in [-0.05, 0) is 101 Å². The van der Waals surface area contributed by atoms with Gasteiger partial charge in [0, 0.05) is 43.0 Å². The number of aryl methyl sites for hydroxylation is 2. The molecule has 51 heavy (non-hydrogen) atoms. The number of anilines is 1. The number of aromatic nitrogens is 2. The van der Waals surface area contributed by atoms with E-state index in [9.17, 15) is 19.5 Å². The van der Waals surface area contributed by atoms with Crippen molar-refractivity contribution in [3.8, 4) is 34.6 Å². The van der Waals surface area contributed by atoms with Crippen molar-refractivity contribution in [2.45, 2.75) is 71.1 Å². The number of ether oxygens (including phenoxy) is 2. The fraction of sp³-hybridized carbons (Fsp3) is 0.350. The monoisotopic (exact) mass is 691 g/mol. The van der Waals surface area contributed by atoms with E-state index in [-0.39, 0.29) is 24.0 Å². The zero-order chi connectivity index (χ0) is 36.7. The van der Waals surface area contributed by atoms with Crippen LogP contribution in [-0.4, -0.2) is 69.0 Å². The SMILES string of the molecule is COc1ccc(CC(NC(=O)OC(C)(C)C)C(=O)N2CCCCC2C(=O)Nc2ccc(C#Cc3cn(C)nc3-c3cc(C)ccc3O)cc2)cc1. The van der Waals surface area contributed by atoms with Crippen LogP contribution in [0.25, 0.3) is 11.3 Å². The Morgan fingerprint density at radius 1 is 1.02 bits per heavy atom. The first kappa shape index (κ1) is 36.5. The van der Waals surface area contributed by atoms with Gasteiger partial charge in [-0.3, -0.25) is 14.3 Å². The lowest BCUT2D eigenvalue weighted by Gasteiger charge is -2.37. The Kier molecular flexibility index (Phi) is 11.3. The summed E-state index contributed by atoms with van der Waals surface area (Å²) in [6.07, 6.45) is 3.33. The molecule has 3 amide bonds. The Morgan fingerprint density at radius 3 is 2.43 bits per heavy atom. The average molecular weight is 692 g/mol. The van der Waals surface area contributed by atoms with Gasteiger partial charge >= 0.3 is 6.09 Å². The van der Waals surface area contributed by atoms with Crippen molar-refractivity contribution in [3.63, 3.8) is 0 Å². The van der Waals surface area contributed by atoms with Gasteiger partial charge in [0.25, 0.3) is 0 Å². The molecule has 5 rings (SSSR count). The van der Waals surface area contributed by atoms with Crippen molar-refractivity contribution in [2.75, 3.05) is 19.0 Å². The fourth-order valence-corrected chi connectivity index (χ4v) is 5.94. The summed E-state index contributed by atoms with van der Waals surface area (Å²) in [6.45, 7) is 7.61. The number of alkyl carbamates (subject to hydrolysis) is 1. The molecule has 3 N–H and O–H groups in total. The maximum absolute atomic E-state index is 14.1. The van der Waals surface area contributed by atoms with Crippen molar-refractivity contribution in [2.24, 2.45) is 7.05 Å². The van der Waals surface area contributed by atoms with Crippen molar-refractivity contribution in [3.05, 3.63) is 95.2 Å². The molecular formula is C40H45N5O6. The van der Waals surface area contributed by atoms with Crippen molar-refractivity contribution in [1.82, 2.24) is 20.0 Å². The largest absolute Gasteiger partial charge is 0.507 e. The van der Waals surface area contributed by atoms with Gasteiger partial charge in [0.2, 0.25) is 11.8 Å². The van der Waals surface area contributed by atoms with Gasteiger partial charge in [0.15, 0.2) is 0 Å². The summed E-state index contributed by atoms with van der Waals surface area (Å²) >= 11 is 0. The van der Waals surface area contributed by atoms with Crippen molar-refractivity contribution < 1.29 is 29.0 Å². The minimum absolute atomic E-state index is 0.132. The molecule has 1 saturated heterocycles. The predicted molar refractivity (Wildman–Crippen MR) is 195 cm³/mol. The third kappa shape index (κ3) is 9.69. The van der Waals surface area contributed by atoms with Crippen LogP contribution in [0.2, 0.25) is 0 Å². The maximum Gasteiger partial charge on any atom is 0.408 e. The molecule has 2 unspecified atom stereocenters. The van der Waals surface area contributed by atoms with Crippen molar-refractivity contribution in [1.29, 1.82) is 0 Å². The summed E-state index contributed by atoms with van der Waals surface area (Å²) in [4.78, 5) is 42.2. The van der Waals surface area contributed by atoms with Gasteiger partial charge in [0.05, 0.1) is 12.7 Å². The van der Waals surface area contributed by atoms with E-state index in [0.29, 0.717) is 41.2 Å². The Hall–Kier alpha value is -5.76. The average Bonchev–Trinajstić information content (AvgIpc) is 3.47. The van der Waals surface area contributed by atoms with E-state index >= 15 is 0 Å². The summed E-state index contributed by atoms with van der Waals surface area (Å²) < 4.78 is 12.4. The van der Waals surface area contributed by atoms with E-state index in [1.807, 2.05) is 43.3 Å². The summed E-state index contributed by atoms with van der Waals surface area (Å²) in [6, 6.07) is 18.1. The lowest BCUT2D eigenvalue weighted by atomic mass is 9.98. The lowest BCUT2D eigenvalue weighted by molar-refractivity contribution is -0.142. The molecule has 11 heteroatoms. The number of aromatic hydroxyl groups is 1. The molecule has 1 aromatic heterocycles. The number of phenols is 1. The number of carbonyl (C=O) groups excluding carboxylic acids is 3. The number of amides is 3. The molecular weight excluding hydrogens is 646 g/mol. The first-order chi connectivity index (χ1) is 24.3. The van der Waals surface area contributed by atoms with Crippen LogP contribution in [0.5, 0.6) is 11.5 Å². The van der Waals surface area contributed by atoms with E-state index in [0.717, 1.165) is 29.5 Å². The van der Waals surface area contributed by atoms with Crippen LogP contribution in [0.15, 0.2) is 72.9 Å². The van der Waals surface area contributed by atoms with Crippen LogP contribution in [0.3, 0.4) is 0 Å². The summed E-state index contributed by atoms with van der Waals surface area (Å²) in [5.74, 6) is 6.47. The van der Waals surface area contributed by atoms with Gasteiger partial charge in [0.1, 0.15) is 34.9 Å². The quantitative estimate of drug-likeness (QED) is 0.194. The van der Waals surface area contributed by atoms with Crippen molar-refractivity contribution >= 4 is 23.6 Å². The molecule has 0 spiro atoms.